The molecule has 7 nitrogen and oxygen atoms in total. The summed E-state index contributed by atoms with van der Waals surface area (Å²) in [6, 6.07) is 1.78. The summed E-state index contributed by atoms with van der Waals surface area (Å²) >= 11 is 0. The summed E-state index contributed by atoms with van der Waals surface area (Å²) in [5.41, 5.74) is 0. The van der Waals surface area contributed by atoms with Gasteiger partial charge in [-0.2, -0.15) is 0 Å². The van der Waals surface area contributed by atoms with E-state index in [1.54, 1.807) is 13.1 Å². The minimum absolute atomic E-state index is 0.225. The molecule has 0 spiro atoms. The van der Waals surface area contributed by atoms with Crippen molar-refractivity contribution >= 4 is 21.7 Å². The summed E-state index contributed by atoms with van der Waals surface area (Å²) in [5, 5.41) is 6.04. The van der Waals surface area contributed by atoms with Gasteiger partial charge < -0.3 is 10.6 Å². The van der Waals surface area contributed by atoms with Crippen LogP contribution in [0.4, 0.5) is 11.6 Å². The Hall–Kier alpha value is -1.41. The van der Waals surface area contributed by atoms with Gasteiger partial charge in [-0.25, -0.2) is 23.1 Å². The van der Waals surface area contributed by atoms with E-state index in [4.69, 9.17) is 0 Å². The van der Waals surface area contributed by atoms with E-state index in [1.807, 2.05) is 13.8 Å². The highest BCUT2D eigenvalue weighted by molar-refractivity contribution is 7.88. The number of nitrogens with zero attached hydrogens (tertiary/aromatic N) is 2. The van der Waals surface area contributed by atoms with Crippen LogP contribution in [-0.2, 0) is 10.0 Å². The average Bonchev–Trinajstić information content (AvgIpc) is 2.33. The van der Waals surface area contributed by atoms with Crippen LogP contribution in [0.25, 0.3) is 0 Å². The smallest absolute Gasteiger partial charge is 0.208 e. The van der Waals surface area contributed by atoms with Crippen molar-refractivity contribution in [2.75, 3.05) is 37.0 Å². The monoisotopic (exact) mass is 287 g/mol. The minimum atomic E-state index is -3.15. The summed E-state index contributed by atoms with van der Waals surface area (Å²) in [4.78, 5) is 8.72. The Morgan fingerprint density at radius 2 is 1.84 bits per heavy atom. The number of hydrogen-bond acceptors (Lipinski definition) is 6. The fraction of sp³-hybridized carbons (Fsp3) is 0.636. The summed E-state index contributed by atoms with van der Waals surface area (Å²) in [5.74, 6) is 2.38. The van der Waals surface area contributed by atoms with Crippen LogP contribution in [0.2, 0.25) is 0 Å². The lowest BCUT2D eigenvalue weighted by atomic mass is 10.2. The molecule has 0 bridgehead atoms. The lowest BCUT2D eigenvalue weighted by molar-refractivity contribution is 0.589. The SMILES string of the molecule is CNc1cc(NCCNS(C)(=O)=O)nc(C(C)C)n1. The second-order valence-electron chi connectivity index (χ2n) is 4.49. The molecule has 0 amide bonds. The molecule has 1 aromatic rings. The van der Waals surface area contributed by atoms with E-state index in [2.05, 4.69) is 25.3 Å². The second-order valence-corrected chi connectivity index (χ2v) is 6.33. The standard InChI is InChI=1S/C11H21N5O2S/c1-8(2)11-15-9(12-3)7-10(16-11)13-5-6-14-19(4,17)18/h7-8,14H,5-6H2,1-4H3,(H2,12,13,15,16). The zero-order chi connectivity index (χ0) is 14.5. The molecule has 0 fully saturated rings. The Bertz CT molecular complexity index is 516. The molecule has 0 aromatic carbocycles. The Morgan fingerprint density at radius 1 is 1.21 bits per heavy atom. The first-order valence-corrected chi connectivity index (χ1v) is 7.96. The van der Waals surface area contributed by atoms with Crippen LogP contribution in [0.1, 0.15) is 25.6 Å². The Kier molecular flexibility index (Phi) is 5.49. The topological polar surface area (TPSA) is 96.0 Å². The number of aromatic nitrogens is 2. The largest absolute Gasteiger partial charge is 0.373 e. The molecular formula is C11H21N5O2S. The lowest BCUT2D eigenvalue weighted by Gasteiger charge is -2.11. The Balaban J connectivity index is 2.65. The summed E-state index contributed by atoms with van der Waals surface area (Å²) < 4.78 is 24.2. The molecule has 1 rings (SSSR count). The second kappa shape index (κ2) is 6.67. The van der Waals surface area contributed by atoms with E-state index in [1.165, 1.54) is 0 Å². The molecular weight excluding hydrogens is 266 g/mol. The van der Waals surface area contributed by atoms with Crippen LogP contribution in [0.5, 0.6) is 0 Å². The van der Waals surface area contributed by atoms with E-state index in [9.17, 15) is 8.42 Å². The van der Waals surface area contributed by atoms with Crippen molar-refractivity contribution in [1.29, 1.82) is 0 Å². The molecule has 1 aromatic heterocycles. The van der Waals surface area contributed by atoms with Gasteiger partial charge in [-0.05, 0) is 0 Å². The van der Waals surface area contributed by atoms with E-state index in [-0.39, 0.29) is 5.92 Å². The highest BCUT2D eigenvalue weighted by Gasteiger charge is 2.07. The van der Waals surface area contributed by atoms with E-state index < -0.39 is 10.0 Å². The van der Waals surface area contributed by atoms with E-state index in [0.717, 1.165) is 17.9 Å². The number of nitrogens with one attached hydrogen (secondary N) is 3. The van der Waals surface area contributed by atoms with Crippen molar-refractivity contribution in [2.24, 2.45) is 0 Å². The van der Waals surface area contributed by atoms with Crippen LogP contribution in [0.3, 0.4) is 0 Å². The molecule has 3 N–H and O–H groups in total. The van der Waals surface area contributed by atoms with Gasteiger partial charge in [0, 0.05) is 32.1 Å². The molecule has 0 aliphatic heterocycles. The van der Waals surface area contributed by atoms with Crippen molar-refractivity contribution in [3.63, 3.8) is 0 Å². The van der Waals surface area contributed by atoms with Gasteiger partial charge in [0.05, 0.1) is 6.26 Å². The molecule has 19 heavy (non-hydrogen) atoms. The van der Waals surface area contributed by atoms with Gasteiger partial charge in [0.1, 0.15) is 17.5 Å². The highest BCUT2D eigenvalue weighted by Crippen LogP contribution is 2.16. The van der Waals surface area contributed by atoms with Gasteiger partial charge in [-0.3, -0.25) is 0 Å². The van der Waals surface area contributed by atoms with Gasteiger partial charge in [0.25, 0.3) is 0 Å². The fourth-order valence-electron chi connectivity index (χ4n) is 1.37. The van der Waals surface area contributed by atoms with Gasteiger partial charge in [0.2, 0.25) is 10.0 Å². The zero-order valence-corrected chi connectivity index (χ0v) is 12.5. The van der Waals surface area contributed by atoms with Crippen LogP contribution >= 0.6 is 0 Å². The Morgan fingerprint density at radius 3 is 2.37 bits per heavy atom. The van der Waals surface area contributed by atoms with Crippen LogP contribution < -0.4 is 15.4 Å². The van der Waals surface area contributed by atoms with Crippen molar-refractivity contribution in [1.82, 2.24) is 14.7 Å². The maximum atomic E-state index is 10.9. The first-order valence-electron chi connectivity index (χ1n) is 6.07. The van der Waals surface area contributed by atoms with Crippen LogP contribution in [0.15, 0.2) is 6.07 Å². The zero-order valence-electron chi connectivity index (χ0n) is 11.7. The molecule has 0 aliphatic carbocycles. The van der Waals surface area contributed by atoms with Crippen molar-refractivity contribution in [2.45, 2.75) is 19.8 Å². The minimum Gasteiger partial charge on any atom is -0.373 e. The van der Waals surface area contributed by atoms with E-state index in [0.29, 0.717) is 18.9 Å². The normalized spacial score (nSPS) is 11.6. The molecule has 1 heterocycles. The van der Waals surface area contributed by atoms with Crippen molar-refractivity contribution < 1.29 is 8.42 Å². The van der Waals surface area contributed by atoms with Crippen LogP contribution in [0, 0.1) is 0 Å². The predicted molar refractivity (Wildman–Crippen MR) is 77.0 cm³/mol. The fourth-order valence-corrected chi connectivity index (χ4v) is 1.84. The highest BCUT2D eigenvalue weighted by atomic mass is 32.2. The molecule has 0 atom stereocenters. The number of sulfonamides is 1. The van der Waals surface area contributed by atoms with Gasteiger partial charge in [0.15, 0.2) is 0 Å². The molecule has 0 saturated heterocycles. The summed E-state index contributed by atoms with van der Waals surface area (Å²) in [6.07, 6.45) is 1.13. The molecule has 0 radical (unpaired) electrons. The molecule has 0 unspecified atom stereocenters. The third kappa shape index (κ3) is 5.84. The average molecular weight is 287 g/mol. The van der Waals surface area contributed by atoms with E-state index >= 15 is 0 Å². The summed E-state index contributed by atoms with van der Waals surface area (Å²) in [7, 11) is -1.35. The maximum absolute atomic E-state index is 10.9. The maximum Gasteiger partial charge on any atom is 0.208 e. The molecule has 8 heteroatoms. The molecule has 108 valence electrons. The molecule has 0 aliphatic rings. The number of rotatable bonds is 7. The summed E-state index contributed by atoms with van der Waals surface area (Å²) in [6.45, 7) is 4.81. The van der Waals surface area contributed by atoms with Gasteiger partial charge in [-0.15, -0.1) is 0 Å². The Labute approximate surface area is 114 Å². The first kappa shape index (κ1) is 15.6. The number of anilines is 2. The van der Waals surface area contributed by atoms with Crippen molar-refractivity contribution in [3.05, 3.63) is 11.9 Å². The van der Waals surface area contributed by atoms with Gasteiger partial charge in [-0.1, -0.05) is 13.8 Å². The third-order valence-electron chi connectivity index (χ3n) is 2.31. The lowest BCUT2D eigenvalue weighted by Crippen LogP contribution is -2.27. The number of hydrogen-bond donors (Lipinski definition) is 3. The first-order chi connectivity index (χ1) is 8.81. The van der Waals surface area contributed by atoms with Gasteiger partial charge >= 0.3 is 0 Å². The van der Waals surface area contributed by atoms with Crippen LogP contribution in [-0.4, -0.2) is 44.8 Å². The molecule has 0 saturated carbocycles. The quantitative estimate of drug-likeness (QED) is 0.636. The third-order valence-corrected chi connectivity index (χ3v) is 3.04. The predicted octanol–water partition coefficient (Wildman–Crippen LogP) is 0.603. The van der Waals surface area contributed by atoms with Crippen molar-refractivity contribution in [3.8, 4) is 0 Å².